The van der Waals surface area contributed by atoms with E-state index in [0.29, 0.717) is 34.0 Å². The Hall–Kier alpha value is -3.38. The highest BCUT2D eigenvalue weighted by Gasteiger charge is 2.15. The van der Waals surface area contributed by atoms with Gasteiger partial charge in [-0.3, -0.25) is 14.2 Å². The molecule has 0 radical (unpaired) electrons. The Kier molecular flexibility index (Phi) is 5.42. The number of rotatable bonds is 5. The first-order valence-corrected chi connectivity index (χ1v) is 9.83. The molecule has 7 heteroatoms. The Morgan fingerprint density at radius 2 is 1.90 bits per heavy atom. The number of aromatic nitrogens is 2. The number of aryl methyl sites for hydroxylation is 1. The first-order chi connectivity index (χ1) is 14.4. The number of likely N-dealkylation sites (N-methyl/N-ethyl adjacent to an activating group) is 1. The van der Waals surface area contributed by atoms with E-state index >= 15 is 0 Å². The Morgan fingerprint density at radius 3 is 2.67 bits per heavy atom. The maximum Gasteiger partial charge on any atom is 0.261 e. The van der Waals surface area contributed by atoms with E-state index in [-0.39, 0.29) is 18.0 Å². The largest absolute Gasteiger partial charge is 0.459 e. The molecule has 0 aliphatic heterocycles. The highest BCUT2D eigenvalue weighted by atomic mass is 35.5. The van der Waals surface area contributed by atoms with Crippen LogP contribution in [0, 0.1) is 6.92 Å². The fourth-order valence-corrected chi connectivity index (χ4v) is 3.40. The quantitative estimate of drug-likeness (QED) is 0.482. The maximum absolute atomic E-state index is 12.7. The summed E-state index contributed by atoms with van der Waals surface area (Å²) in [6, 6.07) is 16.5. The Balaban J connectivity index is 1.47. The van der Waals surface area contributed by atoms with Crippen molar-refractivity contribution in [2.75, 3.05) is 7.05 Å². The van der Waals surface area contributed by atoms with Crippen molar-refractivity contribution in [1.29, 1.82) is 0 Å². The number of fused-ring (bicyclic) bond motifs is 1. The van der Waals surface area contributed by atoms with E-state index in [1.807, 2.05) is 43.3 Å². The van der Waals surface area contributed by atoms with E-state index in [9.17, 15) is 9.59 Å². The summed E-state index contributed by atoms with van der Waals surface area (Å²) in [6.45, 7) is 2.11. The van der Waals surface area contributed by atoms with Crippen molar-refractivity contribution in [3.8, 4) is 11.3 Å². The van der Waals surface area contributed by atoms with Crippen LogP contribution in [0.1, 0.15) is 11.3 Å². The predicted molar refractivity (Wildman–Crippen MR) is 116 cm³/mol. The molecule has 0 bridgehead atoms. The minimum absolute atomic E-state index is 0.0863. The molecule has 0 spiro atoms. The van der Waals surface area contributed by atoms with Gasteiger partial charge in [0, 0.05) is 17.6 Å². The molecule has 0 saturated heterocycles. The number of halogens is 1. The van der Waals surface area contributed by atoms with Gasteiger partial charge in [0.1, 0.15) is 18.1 Å². The summed E-state index contributed by atoms with van der Waals surface area (Å²) < 4.78 is 7.19. The van der Waals surface area contributed by atoms with Gasteiger partial charge >= 0.3 is 0 Å². The zero-order valence-electron chi connectivity index (χ0n) is 16.6. The summed E-state index contributed by atoms with van der Waals surface area (Å²) in [5, 5.41) is 1.16. The number of nitrogens with zero attached hydrogens (tertiary/aromatic N) is 3. The van der Waals surface area contributed by atoms with Gasteiger partial charge in [-0.25, -0.2) is 4.98 Å². The van der Waals surface area contributed by atoms with Gasteiger partial charge in [0.15, 0.2) is 0 Å². The summed E-state index contributed by atoms with van der Waals surface area (Å²) in [5.74, 6) is 1.14. The van der Waals surface area contributed by atoms with E-state index in [1.54, 1.807) is 25.2 Å². The first kappa shape index (κ1) is 19.9. The standard InChI is InChI=1S/C23H20ClN3O3/c1-15-4-3-5-19-22(15)25-14-27(23(19)29)13-21(28)26(2)12-18-10-11-20(30-18)16-6-8-17(24)9-7-16/h3-11,14H,12-13H2,1-2H3. The van der Waals surface area contributed by atoms with Crippen molar-refractivity contribution in [1.82, 2.24) is 14.5 Å². The Labute approximate surface area is 178 Å². The van der Waals surface area contributed by atoms with Crippen LogP contribution in [0.3, 0.4) is 0 Å². The van der Waals surface area contributed by atoms with E-state index < -0.39 is 0 Å². The molecule has 0 unspecified atom stereocenters. The molecular formula is C23H20ClN3O3. The third kappa shape index (κ3) is 4.00. The van der Waals surface area contributed by atoms with Gasteiger partial charge in [-0.05, 0) is 55.0 Å². The molecule has 2 heterocycles. The van der Waals surface area contributed by atoms with Crippen LogP contribution in [0.2, 0.25) is 5.02 Å². The molecule has 0 saturated carbocycles. The summed E-state index contributed by atoms with van der Waals surface area (Å²) in [6.07, 6.45) is 1.43. The van der Waals surface area contributed by atoms with Crippen molar-refractivity contribution >= 4 is 28.4 Å². The molecule has 4 rings (SSSR count). The van der Waals surface area contributed by atoms with E-state index in [2.05, 4.69) is 4.98 Å². The molecule has 2 aromatic heterocycles. The summed E-state index contributed by atoms with van der Waals surface area (Å²) >= 11 is 5.92. The monoisotopic (exact) mass is 421 g/mol. The lowest BCUT2D eigenvalue weighted by Crippen LogP contribution is -2.33. The zero-order chi connectivity index (χ0) is 21.3. The smallest absolute Gasteiger partial charge is 0.261 e. The molecule has 1 amide bonds. The lowest BCUT2D eigenvalue weighted by molar-refractivity contribution is -0.131. The van der Waals surface area contributed by atoms with Gasteiger partial charge < -0.3 is 9.32 Å². The molecular weight excluding hydrogens is 402 g/mol. The van der Waals surface area contributed by atoms with Crippen molar-refractivity contribution in [3.05, 3.63) is 87.6 Å². The molecule has 152 valence electrons. The second-order valence-electron chi connectivity index (χ2n) is 7.17. The fourth-order valence-electron chi connectivity index (χ4n) is 3.27. The van der Waals surface area contributed by atoms with Gasteiger partial charge in [-0.2, -0.15) is 0 Å². The molecule has 0 aliphatic rings. The molecule has 0 atom stereocenters. The summed E-state index contributed by atoms with van der Waals surface area (Å²) in [7, 11) is 1.68. The number of para-hydroxylation sites is 1. The number of hydrogen-bond acceptors (Lipinski definition) is 4. The minimum Gasteiger partial charge on any atom is -0.459 e. The van der Waals surface area contributed by atoms with Gasteiger partial charge in [-0.15, -0.1) is 0 Å². The van der Waals surface area contributed by atoms with Crippen LogP contribution in [-0.4, -0.2) is 27.4 Å². The van der Waals surface area contributed by atoms with Crippen molar-refractivity contribution in [3.63, 3.8) is 0 Å². The summed E-state index contributed by atoms with van der Waals surface area (Å²) in [4.78, 5) is 31.2. The zero-order valence-corrected chi connectivity index (χ0v) is 17.4. The van der Waals surface area contributed by atoms with Crippen molar-refractivity contribution < 1.29 is 9.21 Å². The molecule has 6 nitrogen and oxygen atoms in total. The van der Waals surface area contributed by atoms with Gasteiger partial charge in [0.2, 0.25) is 5.91 Å². The van der Waals surface area contributed by atoms with E-state index in [4.69, 9.17) is 16.0 Å². The van der Waals surface area contributed by atoms with Crippen LogP contribution in [-0.2, 0) is 17.9 Å². The highest BCUT2D eigenvalue weighted by Crippen LogP contribution is 2.24. The number of hydrogen-bond donors (Lipinski definition) is 0. The number of amides is 1. The molecule has 4 aromatic rings. The summed E-state index contributed by atoms with van der Waals surface area (Å²) in [5.41, 5.74) is 2.26. The molecule has 0 fully saturated rings. The highest BCUT2D eigenvalue weighted by molar-refractivity contribution is 6.30. The number of furan rings is 1. The van der Waals surface area contributed by atoms with Gasteiger partial charge in [-0.1, -0.05) is 23.7 Å². The SMILES string of the molecule is Cc1cccc2c(=O)n(CC(=O)N(C)Cc3ccc(-c4ccc(Cl)cc4)o3)cnc12. The lowest BCUT2D eigenvalue weighted by atomic mass is 10.1. The third-order valence-electron chi connectivity index (χ3n) is 4.97. The predicted octanol–water partition coefficient (Wildman–Crippen LogP) is 4.28. The number of carbonyl (C=O) groups excluding carboxylic acids is 1. The molecule has 30 heavy (non-hydrogen) atoms. The van der Waals surface area contributed by atoms with Crippen LogP contribution >= 0.6 is 11.6 Å². The minimum atomic E-state index is -0.228. The molecule has 2 aromatic carbocycles. The van der Waals surface area contributed by atoms with Crippen LogP contribution in [0.15, 0.2) is 70.1 Å². The lowest BCUT2D eigenvalue weighted by Gasteiger charge is -2.16. The molecule has 0 aliphatic carbocycles. The average molecular weight is 422 g/mol. The first-order valence-electron chi connectivity index (χ1n) is 9.46. The van der Waals surface area contributed by atoms with Crippen LogP contribution in [0.4, 0.5) is 0 Å². The number of benzene rings is 2. The van der Waals surface area contributed by atoms with E-state index in [1.165, 1.54) is 15.8 Å². The normalized spacial score (nSPS) is 11.0. The van der Waals surface area contributed by atoms with E-state index in [0.717, 1.165) is 11.1 Å². The molecule has 0 N–H and O–H groups in total. The Bertz CT molecular complexity index is 1280. The van der Waals surface area contributed by atoms with Gasteiger partial charge in [0.25, 0.3) is 5.56 Å². The van der Waals surface area contributed by atoms with Crippen LogP contribution < -0.4 is 5.56 Å². The fraction of sp³-hybridized carbons (Fsp3) is 0.174. The third-order valence-corrected chi connectivity index (χ3v) is 5.22. The van der Waals surface area contributed by atoms with Crippen molar-refractivity contribution in [2.45, 2.75) is 20.0 Å². The topological polar surface area (TPSA) is 68.3 Å². The Morgan fingerprint density at radius 1 is 1.13 bits per heavy atom. The number of carbonyl (C=O) groups is 1. The average Bonchev–Trinajstić information content (AvgIpc) is 3.19. The van der Waals surface area contributed by atoms with Gasteiger partial charge in [0.05, 0.1) is 23.8 Å². The van der Waals surface area contributed by atoms with Crippen LogP contribution in [0.25, 0.3) is 22.2 Å². The maximum atomic E-state index is 12.7. The van der Waals surface area contributed by atoms with Crippen molar-refractivity contribution in [2.24, 2.45) is 0 Å². The second kappa shape index (κ2) is 8.16. The van der Waals surface area contributed by atoms with Crippen LogP contribution in [0.5, 0.6) is 0 Å². The second-order valence-corrected chi connectivity index (χ2v) is 7.61.